The molecule has 6 N–H and O–H groups in total. The van der Waals surface area contributed by atoms with Gasteiger partial charge in [-0.3, -0.25) is 0 Å². The fourth-order valence-electron chi connectivity index (χ4n) is 2.26. The van der Waals surface area contributed by atoms with Gasteiger partial charge in [-0.2, -0.15) is 0 Å². The van der Waals surface area contributed by atoms with Crippen LogP contribution in [-0.4, -0.2) is 0 Å². The van der Waals surface area contributed by atoms with Crippen molar-refractivity contribution < 1.29 is 0 Å². The van der Waals surface area contributed by atoms with Crippen molar-refractivity contribution in [3.05, 3.63) is 59.7 Å². The van der Waals surface area contributed by atoms with Gasteiger partial charge in [0.15, 0.2) is 0 Å². The zero-order valence-electron chi connectivity index (χ0n) is 10.6. The Morgan fingerprint density at radius 3 is 2.22 bits per heavy atom. The van der Waals surface area contributed by atoms with Gasteiger partial charge >= 0.3 is 0 Å². The lowest BCUT2D eigenvalue weighted by Crippen LogP contribution is -2.38. The SMILES string of the molecule is CCC(N)(c1ccccc1)c1cccc(N)c1N. The van der Waals surface area contributed by atoms with E-state index >= 15 is 0 Å². The maximum atomic E-state index is 6.57. The van der Waals surface area contributed by atoms with Gasteiger partial charge in [0.05, 0.1) is 16.9 Å². The van der Waals surface area contributed by atoms with E-state index in [0.717, 1.165) is 17.5 Å². The van der Waals surface area contributed by atoms with Crippen molar-refractivity contribution in [2.45, 2.75) is 18.9 Å². The summed E-state index contributed by atoms with van der Waals surface area (Å²) >= 11 is 0. The van der Waals surface area contributed by atoms with Crippen LogP contribution in [0.2, 0.25) is 0 Å². The molecule has 0 radical (unpaired) electrons. The molecule has 0 spiro atoms. The van der Waals surface area contributed by atoms with Gasteiger partial charge in [-0.25, -0.2) is 0 Å². The molecule has 0 heterocycles. The molecule has 0 saturated carbocycles. The first-order chi connectivity index (χ1) is 8.59. The van der Waals surface area contributed by atoms with Gasteiger partial charge in [-0.1, -0.05) is 49.4 Å². The summed E-state index contributed by atoms with van der Waals surface area (Å²) < 4.78 is 0. The molecular formula is C15H19N3. The summed E-state index contributed by atoms with van der Waals surface area (Å²) in [5.74, 6) is 0. The van der Waals surface area contributed by atoms with E-state index in [1.807, 2.05) is 42.5 Å². The molecule has 2 aromatic rings. The van der Waals surface area contributed by atoms with Gasteiger partial charge in [0.25, 0.3) is 0 Å². The molecule has 3 nitrogen and oxygen atoms in total. The van der Waals surface area contributed by atoms with Crippen molar-refractivity contribution in [2.75, 3.05) is 11.5 Å². The number of nitrogen functional groups attached to an aromatic ring is 2. The third kappa shape index (κ3) is 1.93. The summed E-state index contributed by atoms with van der Waals surface area (Å²) in [6, 6.07) is 15.6. The topological polar surface area (TPSA) is 78.1 Å². The predicted molar refractivity (Wildman–Crippen MR) is 77.0 cm³/mol. The molecule has 1 unspecified atom stereocenters. The van der Waals surface area contributed by atoms with E-state index in [-0.39, 0.29) is 0 Å². The molecule has 1 atom stereocenters. The van der Waals surface area contributed by atoms with Crippen LogP contribution >= 0.6 is 0 Å². The Labute approximate surface area is 108 Å². The Balaban J connectivity index is 2.61. The van der Waals surface area contributed by atoms with Crippen LogP contribution in [-0.2, 0) is 5.54 Å². The monoisotopic (exact) mass is 241 g/mol. The average molecular weight is 241 g/mol. The molecule has 2 aromatic carbocycles. The normalized spacial score (nSPS) is 14.1. The standard InChI is InChI=1S/C15H19N3/c1-2-15(18,11-7-4-3-5-8-11)12-9-6-10-13(16)14(12)17/h3-10H,2,16-18H2,1H3. The van der Waals surface area contributed by atoms with Crippen molar-refractivity contribution in [3.8, 4) is 0 Å². The summed E-state index contributed by atoms with van der Waals surface area (Å²) in [6.07, 6.45) is 0.755. The lowest BCUT2D eigenvalue weighted by molar-refractivity contribution is 0.521. The van der Waals surface area contributed by atoms with Crippen LogP contribution < -0.4 is 17.2 Å². The van der Waals surface area contributed by atoms with Crippen LogP contribution in [0, 0.1) is 0 Å². The number of nitrogens with two attached hydrogens (primary N) is 3. The van der Waals surface area contributed by atoms with Crippen molar-refractivity contribution in [3.63, 3.8) is 0 Å². The Kier molecular flexibility index (Phi) is 3.26. The van der Waals surface area contributed by atoms with Crippen molar-refractivity contribution in [1.82, 2.24) is 0 Å². The van der Waals surface area contributed by atoms with Crippen LogP contribution in [0.1, 0.15) is 24.5 Å². The smallest absolute Gasteiger partial charge is 0.0683 e. The van der Waals surface area contributed by atoms with Crippen LogP contribution in [0.4, 0.5) is 11.4 Å². The minimum Gasteiger partial charge on any atom is -0.397 e. The van der Waals surface area contributed by atoms with E-state index in [9.17, 15) is 0 Å². The number of hydrogen-bond acceptors (Lipinski definition) is 3. The van der Waals surface area contributed by atoms with Crippen molar-refractivity contribution in [2.24, 2.45) is 5.73 Å². The van der Waals surface area contributed by atoms with Crippen LogP contribution in [0.3, 0.4) is 0 Å². The molecule has 0 bridgehead atoms. The highest BCUT2D eigenvalue weighted by molar-refractivity contribution is 5.70. The van der Waals surface area contributed by atoms with E-state index < -0.39 is 5.54 Å². The summed E-state index contributed by atoms with van der Waals surface area (Å²) in [5, 5.41) is 0. The predicted octanol–water partition coefficient (Wildman–Crippen LogP) is 2.46. The second kappa shape index (κ2) is 4.70. The molecule has 3 heteroatoms. The zero-order valence-corrected chi connectivity index (χ0v) is 10.6. The summed E-state index contributed by atoms with van der Waals surface area (Å²) in [5.41, 5.74) is 21.0. The number of hydrogen-bond donors (Lipinski definition) is 3. The quantitative estimate of drug-likeness (QED) is 0.722. The number of rotatable bonds is 3. The fraction of sp³-hybridized carbons (Fsp3) is 0.200. The Morgan fingerprint density at radius 2 is 1.61 bits per heavy atom. The molecule has 2 rings (SSSR count). The van der Waals surface area contributed by atoms with E-state index in [1.165, 1.54) is 0 Å². The lowest BCUT2D eigenvalue weighted by Gasteiger charge is -2.31. The molecule has 0 aliphatic carbocycles. The van der Waals surface area contributed by atoms with Crippen molar-refractivity contribution in [1.29, 1.82) is 0 Å². The summed E-state index contributed by atoms with van der Waals surface area (Å²) in [4.78, 5) is 0. The second-order valence-corrected chi connectivity index (χ2v) is 4.50. The fourth-order valence-corrected chi connectivity index (χ4v) is 2.26. The van der Waals surface area contributed by atoms with Gasteiger partial charge in [0.1, 0.15) is 0 Å². The average Bonchev–Trinajstić information content (AvgIpc) is 2.42. The summed E-state index contributed by atoms with van der Waals surface area (Å²) in [6.45, 7) is 2.05. The Hall–Kier alpha value is -2.00. The van der Waals surface area contributed by atoms with E-state index in [0.29, 0.717) is 11.4 Å². The zero-order chi connectivity index (χ0) is 13.2. The van der Waals surface area contributed by atoms with Crippen LogP contribution in [0.15, 0.2) is 48.5 Å². The highest BCUT2D eigenvalue weighted by Gasteiger charge is 2.29. The number of anilines is 2. The van der Waals surface area contributed by atoms with Crippen LogP contribution in [0.25, 0.3) is 0 Å². The van der Waals surface area contributed by atoms with E-state index in [1.54, 1.807) is 6.07 Å². The summed E-state index contributed by atoms with van der Waals surface area (Å²) in [7, 11) is 0. The van der Waals surface area contributed by atoms with Gasteiger partial charge < -0.3 is 17.2 Å². The van der Waals surface area contributed by atoms with E-state index in [4.69, 9.17) is 17.2 Å². The highest BCUT2D eigenvalue weighted by Crippen LogP contribution is 2.35. The molecular weight excluding hydrogens is 222 g/mol. The first-order valence-electron chi connectivity index (χ1n) is 6.08. The van der Waals surface area contributed by atoms with Gasteiger partial charge in [-0.05, 0) is 18.1 Å². The second-order valence-electron chi connectivity index (χ2n) is 4.50. The molecule has 0 saturated heterocycles. The van der Waals surface area contributed by atoms with Crippen LogP contribution in [0.5, 0.6) is 0 Å². The molecule has 0 aliphatic heterocycles. The number of benzene rings is 2. The molecule has 94 valence electrons. The van der Waals surface area contributed by atoms with Crippen molar-refractivity contribution >= 4 is 11.4 Å². The minimum atomic E-state index is -0.597. The molecule has 0 amide bonds. The molecule has 0 fully saturated rings. The molecule has 18 heavy (non-hydrogen) atoms. The molecule has 0 aliphatic rings. The third-order valence-electron chi connectivity index (χ3n) is 3.47. The van der Waals surface area contributed by atoms with Gasteiger partial charge in [0, 0.05) is 5.56 Å². The minimum absolute atomic E-state index is 0.575. The lowest BCUT2D eigenvalue weighted by atomic mass is 9.80. The first-order valence-corrected chi connectivity index (χ1v) is 6.08. The maximum absolute atomic E-state index is 6.57. The largest absolute Gasteiger partial charge is 0.397 e. The van der Waals surface area contributed by atoms with Gasteiger partial charge in [0.2, 0.25) is 0 Å². The number of para-hydroxylation sites is 1. The maximum Gasteiger partial charge on any atom is 0.0683 e. The Morgan fingerprint density at radius 1 is 0.944 bits per heavy atom. The third-order valence-corrected chi connectivity index (χ3v) is 3.47. The first kappa shape index (κ1) is 12.5. The van der Waals surface area contributed by atoms with Gasteiger partial charge in [-0.15, -0.1) is 0 Å². The van der Waals surface area contributed by atoms with E-state index in [2.05, 4.69) is 6.92 Å². The molecule has 0 aromatic heterocycles. The Bertz CT molecular complexity index is 537. The highest BCUT2D eigenvalue weighted by atomic mass is 14.8.